The zero-order valence-corrected chi connectivity index (χ0v) is 16.3. The van der Waals surface area contributed by atoms with Gasteiger partial charge in [-0.1, -0.05) is 12.1 Å². The van der Waals surface area contributed by atoms with Crippen LogP contribution in [0.4, 0.5) is 9.39 Å². The van der Waals surface area contributed by atoms with Crippen molar-refractivity contribution >= 4 is 28.2 Å². The standard InChI is InChI=1S/C20H23FN2O3S/c1-3-26-20(25)18-16(14-6-7-14)12-27-19(18)22-17(24)11-23(2)10-13-4-8-15(21)9-5-13/h4-5,8-9,12,14H,3,6-7,10-11H2,1-2H3,(H,22,24). The molecule has 7 heteroatoms. The van der Waals surface area contributed by atoms with Crippen molar-refractivity contribution in [3.05, 3.63) is 52.2 Å². The van der Waals surface area contributed by atoms with Gasteiger partial charge in [-0.3, -0.25) is 9.69 Å². The second-order valence-corrected chi connectivity index (χ2v) is 7.62. The first-order chi connectivity index (χ1) is 13.0. The molecule has 3 rings (SSSR count). The van der Waals surface area contributed by atoms with Crippen LogP contribution < -0.4 is 5.32 Å². The van der Waals surface area contributed by atoms with E-state index < -0.39 is 0 Å². The fourth-order valence-electron chi connectivity index (χ4n) is 2.94. The van der Waals surface area contributed by atoms with Gasteiger partial charge >= 0.3 is 5.97 Å². The number of hydrogen-bond acceptors (Lipinski definition) is 5. The number of ether oxygens (including phenoxy) is 1. The summed E-state index contributed by atoms with van der Waals surface area (Å²) in [6.07, 6.45) is 2.13. The summed E-state index contributed by atoms with van der Waals surface area (Å²) < 4.78 is 18.2. The van der Waals surface area contributed by atoms with E-state index in [9.17, 15) is 14.0 Å². The molecule has 1 aliphatic carbocycles. The molecule has 5 nitrogen and oxygen atoms in total. The minimum absolute atomic E-state index is 0.163. The molecular weight excluding hydrogens is 367 g/mol. The number of hydrogen-bond donors (Lipinski definition) is 1. The second kappa shape index (κ2) is 8.63. The van der Waals surface area contributed by atoms with Crippen LogP contribution in [0.15, 0.2) is 29.6 Å². The smallest absolute Gasteiger partial charge is 0.341 e. The Morgan fingerprint density at radius 1 is 1.30 bits per heavy atom. The molecule has 0 bridgehead atoms. The summed E-state index contributed by atoms with van der Waals surface area (Å²) in [6, 6.07) is 6.20. The molecular formula is C20H23FN2O3S. The van der Waals surface area contributed by atoms with Crippen LogP contribution in [-0.2, 0) is 16.1 Å². The van der Waals surface area contributed by atoms with E-state index in [4.69, 9.17) is 4.74 Å². The molecule has 27 heavy (non-hydrogen) atoms. The van der Waals surface area contributed by atoms with Crippen LogP contribution in [0.5, 0.6) is 0 Å². The van der Waals surface area contributed by atoms with Crippen LogP contribution in [0, 0.1) is 5.82 Å². The van der Waals surface area contributed by atoms with Gasteiger partial charge in [0, 0.05) is 6.54 Å². The van der Waals surface area contributed by atoms with Crippen LogP contribution in [0.3, 0.4) is 0 Å². The first-order valence-electron chi connectivity index (χ1n) is 8.99. The highest BCUT2D eigenvalue weighted by atomic mass is 32.1. The van der Waals surface area contributed by atoms with Crippen molar-refractivity contribution in [3.63, 3.8) is 0 Å². The number of carbonyl (C=O) groups excluding carboxylic acids is 2. The lowest BCUT2D eigenvalue weighted by molar-refractivity contribution is -0.117. The largest absolute Gasteiger partial charge is 0.462 e. The number of rotatable bonds is 8. The Bertz CT molecular complexity index is 815. The first kappa shape index (κ1) is 19.5. The highest BCUT2D eigenvalue weighted by Gasteiger charge is 2.32. The molecule has 2 aromatic rings. The normalized spacial score (nSPS) is 13.6. The second-order valence-electron chi connectivity index (χ2n) is 6.74. The third-order valence-electron chi connectivity index (χ3n) is 4.35. The van der Waals surface area contributed by atoms with E-state index in [1.165, 1.54) is 23.5 Å². The zero-order chi connectivity index (χ0) is 19.4. The van der Waals surface area contributed by atoms with E-state index in [0.29, 0.717) is 29.6 Å². The van der Waals surface area contributed by atoms with Crippen molar-refractivity contribution in [2.75, 3.05) is 25.5 Å². The molecule has 144 valence electrons. The van der Waals surface area contributed by atoms with E-state index in [0.717, 1.165) is 24.0 Å². The van der Waals surface area contributed by atoms with Gasteiger partial charge < -0.3 is 10.1 Å². The third-order valence-corrected chi connectivity index (χ3v) is 5.26. The number of likely N-dealkylation sites (N-methyl/N-ethyl adjacent to an activating group) is 1. The molecule has 1 aromatic heterocycles. The molecule has 0 spiro atoms. The summed E-state index contributed by atoms with van der Waals surface area (Å²) in [5, 5.41) is 5.35. The van der Waals surface area contributed by atoms with Gasteiger partial charge in [-0.15, -0.1) is 11.3 Å². The quantitative estimate of drug-likeness (QED) is 0.692. The highest BCUT2D eigenvalue weighted by molar-refractivity contribution is 7.15. The van der Waals surface area contributed by atoms with Crippen LogP contribution in [0.1, 0.15) is 47.2 Å². The maximum Gasteiger partial charge on any atom is 0.341 e. The minimum Gasteiger partial charge on any atom is -0.462 e. The number of benzene rings is 1. The number of nitrogens with one attached hydrogen (secondary N) is 1. The SMILES string of the molecule is CCOC(=O)c1c(C2CC2)csc1NC(=O)CN(C)Cc1ccc(F)cc1. The van der Waals surface area contributed by atoms with Gasteiger partial charge in [-0.05, 0) is 61.4 Å². The van der Waals surface area contributed by atoms with Crippen molar-refractivity contribution < 1.29 is 18.7 Å². The topological polar surface area (TPSA) is 58.6 Å². The molecule has 1 saturated carbocycles. The summed E-state index contributed by atoms with van der Waals surface area (Å²) in [5.74, 6) is -0.466. The molecule has 0 radical (unpaired) electrons. The Balaban J connectivity index is 1.63. The van der Waals surface area contributed by atoms with Crippen molar-refractivity contribution in [2.24, 2.45) is 0 Å². The maximum atomic E-state index is 13.0. The van der Waals surface area contributed by atoms with Gasteiger partial charge in [0.15, 0.2) is 0 Å². The number of carbonyl (C=O) groups is 2. The summed E-state index contributed by atoms with van der Waals surface area (Å²) in [5.41, 5.74) is 2.40. The highest BCUT2D eigenvalue weighted by Crippen LogP contribution is 2.46. The fourth-order valence-corrected chi connectivity index (χ4v) is 3.99. The molecule has 0 saturated heterocycles. The lowest BCUT2D eigenvalue weighted by Gasteiger charge is -2.16. The van der Waals surface area contributed by atoms with E-state index in [1.54, 1.807) is 19.1 Å². The Kier molecular flexibility index (Phi) is 6.23. The average molecular weight is 390 g/mol. The Labute approximate surface area is 162 Å². The van der Waals surface area contributed by atoms with Crippen molar-refractivity contribution in [2.45, 2.75) is 32.2 Å². The average Bonchev–Trinajstić information content (AvgIpc) is 3.38. The van der Waals surface area contributed by atoms with Gasteiger partial charge in [0.2, 0.25) is 5.91 Å². The Morgan fingerprint density at radius 2 is 2.00 bits per heavy atom. The van der Waals surface area contributed by atoms with Gasteiger partial charge in [0.25, 0.3) is 0 Å². The fraction of sp³-hybridized carbons (Fsp3) is 0.400. The predicted molar refractivity (Wildman–Crippen MR) is 104 cm³/mol. The van der Waals surface area contributed by atoms with E-state index in [2.05, 4.69) is 5.32 Å². The molecule has 0 unspecified atom stereocenters. The number of thiophene rings is 1. The maximum absolute atomic E-state index is 13.0. The van der Waals surface area contributed by atoms with Gasteiger partial charge in [0.05, 0.1) is 18.7 Å². The van der Waals surface area contributed by atoms with Crippen LogP contribution >= 0.6 is 11.3 Å². The first-order valence-corrected chi connectivity index (χ1v) is 9.87. The van der Waals surface area contributed by atoms with Gasteiger partial charge in [-0.2, -0.15) is 0 Å². The molecule has 1 aliphatic rings. The molecule has 1 amide bonds. The van der Waals surface area contributed by atoms with Crippen molar-refractivity contribution in [1.29, 1.82) is 0 Å². The number of amides is 1. The lowest BCUT2D eigenvalue weighted by Crippen LogP contribution is -2.30. The van der Waals surface area contributed by atoms with Crippen LogP contribution in [0.25, 0.3) is 0 Å². The number of esters is 1. The van der Waals surface area contributed by atoms with Crippen molar-refractivity contribution in [1.82, 2.24) is 4.90 Å². The molecule has 0 atom stereocenters. The van der Waals surface area contributed by atoms with E-state index >= 15 is 0 Å². The Morgan fingerprint density at radius 3 is 2.63 bits per heavy atom. The number of anilines is 1. The van der Waals surface area contributed by atoms with E-state index in [1.807, 2.05) is 17.3 Å². The van der Waals surface area contributed by atoms with Gasteiger partial charge in [0.1, 0.15) is 10.8 Å². The van der Waals surface area contributed by atoms with E-state index in [-0.39, 0.29) is 24.2 Å². The summed E-state index contributed by atoms with van der Waals surface area (Å²) in [4.78, 5) is 26.6. The predicted octanol–water partition coefficient (Wildman–Crippen LogP) is 4.01. The summed E-state index contributed by atoms with van der Waals surface area (Å²) in [6.45, 7) is 2.75. The lowest BCUT2D eigenvalue weighted by atomic mass is 10.1. The molecule has 1 heterocycles. The molecule has 1 fully saturated rings. The minimum atomic E-state index is -0.379. The monoisotopic (exact) mass is 390 g/mol. The Hall–Kier alpha value is -2.25. The molecule has 1 aromatic carbocycles. The molecule has 0 aliphatic heterocycles. The summed E-state index contributed by atoms with van der Waals surface area (Å²) >= 11 is 1.37. The molecule has 1 N–H and O–H groups in total. The summed E-state index contributed by atoms with van der Waals surface area (Å²) in [7, 11) is 1.82. The van der Waals surface area contributed by atoms with Crippen LogP contribution in [0.2, 0.25) is 0 Å². The zero-order valence-electron chi connectivity index (χ0n) is 15.5. The number of nitrogens with zero attached hydrogens (tertiary/aromatic N) is 1. The van der Waals surface area contributed by atoms with Gasteiger partial charge in [-0.25, -0.2) is 9.18 Å². The van der Waals surface area contributed by atoms with Crippen molar-refractivity contribution in [3.8, 4) is 0 Å². The number of halogens is 1. The third kappa shape index (κ3) is 5.14. The van der Waals surface area contributed by atoms with Crippen LogP contribution in [-0.4, -0.2) is 37.0 Å².